The van der Waals surface area contributed by atoms with Crippen molar-refractivity contribution in [1.82, 2.24) is 10.0 Å². The predicted octanol–water partition coefficient (Wildman–Crippen LogP) is 0.907. The van der Waals surface area contributed by atoms with Crippen molar-refractivity contribution < 1.29 is 19.2 Å². The third-order valence-corrected chi connectivity index (χ3v) is 2.71. The van der Waals surface area contributed by atoms with Crippen LogP contribution in [0.3, 0.4) is 0 Å². The van der Waals surface area contributed by atoms with Crippen LogP contribution in [0.25, 0.3) is 0 Å². The molecule has 1 fully saturated rings. The Hall–Kier alpha value is -1.51. The Labute approximate surface area is 110 Å². The molecule has 1 aromatic heterocycles. The number of carbonyl (C=O) groups excluding carboxylic acids is 3. The Morgan fingerprint density at radius 3 is 2.53 bits per heavy atom. The van der Waals surface area contributed by atoms with E-state index in [1.165, 1.54) is 6.20 Å². The highest BCUT2D eigenvalue weighted by Gasteiger charge is 2.33. The number of rotatable bonds is 2. The van der Waals surface area contributed by atoms with Crippen LogP contribution in [0.1, 0.15) is 23.2 Å². The molecular weight excluding hydrogens is 339 g/mol. The van der Waals surface area contributed by atoms with Crippen LogP contribution in [0.15, 0.2) is 18.5 Å². The van der Waals surface area contributed by atoms with E-state index in [2.05, 4.69) is 4.98 Å². The molecule has 0 saturated carbocycles. The number of imide groups is 1. The summed E-state index contributed by atoms with van der Waals surface area (Å²) in [5.41, 5.74) is 0.199. The third-order valence-electron chi connectivity index (χ3n) is 2.12. The van der Waals surface area contributed by atoms with E-state index in [4.69, 9.17) is 4.84 Å². The van der Waals surface area contributed by atoms with Crippen LogP contribution in [-0.2, 0) is 14.4 Å². The van der Waals surface area contributed by atoms with E-state index in [0.717, 1.165) is 3.57 Å². The minimum atomic E-state index is -0.764. The Morgan fingerprint density at radius 1 is 1.29 bits per heavy atom. The second kappa shape index (κ2) is 4.78. The molecule has 1 aliphatic heterocycles. The summed E-state index contributed by atoms with van der Waals surface area (Å²) in [4.78, 5) is 42.6. The van der Waals surface area contributed by atoms with Gasteiger partial charge in [-0.25, -0.2) is 4.79 Å². The highest BCUT2D eigenvalue weighted by molar-refractivity contribution is 14.1. The molecule has 0 radical (unpaired) electrons. The third kappa shape index (κ3) is 2.60. The molecule has 1 saturated heterocycles. The molecule has 0 atom stereocenters. The largest absolute Gasteiger partial charge is 0.365 e. The molecule has 88 valence electrons. The van der Waals surface area contributed by atoms with Crippen molar-refractivity contribution in [2.45, 2.75) is 12.8 Å². The van der Waals surface area contributed by atoms with Gasteiger partial charge in [-0.1, -0.05) is 0 Å². The van der Waals surface area contributed by atoms with Crippen molar-refractivity contribution in [2.75, 3.05) is 0 Å². The Balaban J connectivity index is 2.12. The molecule has 0 unspecified atom stereocenters. The molecule has 0 bridgehead atoms. The average molecular weight is 346 g/mol. The number of hydrogen-bond acceptors (Lipinski definition) is 5. The van der Waals surface area contributed by atoms with Crippen LogP contribution in [-0.4, -0.2) is 27.8 Å². The summed E-state index contributed by atoms with van der Waals surface area (Å²) >= 11 is 1.99. The van der Waals surface area contributed by atoms with E-state index in [1.54, 1.807) is 12.3 Å². The van der Waals surface area contributed by atoms with Crippen LogP contribution in [0, 0.1) is 3.57 Å². The summed E-state index contributed by atoms with van der Waals surface area (Å²) in [7, 11) is 0. The normalized spacial score (nSPS) is 15.2. The first kappa shape index (κ1) is 12.0. The molecule has 1 aromatic rings. The zero-order valence-corrected chi connectivity index (χ0v) is 10.7. The van der Waals surface area contributed by atoms with Gasteiger partial charge in [0, 0.05) is 28.8 Å². The zero-order valence-electron chi connectivity index (χ0n) is 8.55. The minimum absolute atomic E-state index is 0.0800. The van der Waals surface area contributed by atoms with Gasteiger partial charge >= 0.3 is 5.97 Å². The van der Waals surface area contributed by atoms with Gasteiger partial charge in [-0.2, -0.15) is 0 Å². The van der Waals surface area contributed by atoms with Gasteiger partial charge in [-0.3, -0.25) is 14.6 Å². The van der Waals surface area contributed by atoms with Crippen molar-refractivity contribution in [3.8, 4) is 0 Å². The summed E-state index contributed by atoms with van der Waals surface area (Å²) in [6.45, 7) is 0. The standard InChI is InChI=1S/C10H7IN2O4/c11-7-3-6(4-12-5-7)10(16)17-13-8(14)1-2-9(13)15/h3-5H,1-2H2. The highest BCUT2D eigenvalue weighted by Crippen LogP contribution is 2.14. The summed E-state index contributed by atoms with van der Waals surface area (Å²) < 4.78 is 0.760. The fourth-order valence-corrected chi connectivity index (χ4v) is 1.81. The number of carbonyl (C=O) groups is 3. The summed E-state index contributed by atoms with van der Waals surface area (Å²) in [5, 5.41) is 0.516. The Kier molecular flexibility index (Phi) is 3.36. The monoisotopic (exact) mass is 346 g/mol. The molecule has 7 heteroatoms. The zero-order chi connectivity index (χ0) is 12.4. The van der Waals surface area contributed by atoms with Crippen LogP contribution < -0.4 is 0 Å². The lowest BCUT2D eigenvalue weighted by Gasteiger charge is -2.12. The SMILES string of the molecule is O=C(ON1C(=O)CCC1=O)c1cncc(I)c1. The van der Waals surface area contributed by atoms with Crippen molar-refractivity contribution in [3.63, 3.8) is 0 Å². The predicted molar refractivity (Wildman–Crippen MR) is 63.5 cm³/mol. The number of hydrogen-bond donors (Lipinski definition) is 0. The first-order valence-electron chi connectivity index (χ1n) is 4.76. The molecular formula is C10H7IN2O4. The molecule has 17 heavy (non-hydrogen) atoms. The van der Waals surface area contributed by atoms with Gasteiger partial charge in [0.2, 0.25) is 0 Å². The lowest BCUT2D eigenvalue weighted by Crippen LogP contribution is -2.32. The first-order chi connectivity index (χ1) is 8.08. The molecule has 6 nitrogen and oxygen atoms in total. The van der Waals surface area contributed by atoms with Gasteiger partial charge in [0.15, 0.2) is 0 Å². The van der Waals surface area contributed by atoms with Crippen LogP contribution in [0.5, 0.6) is 0 Å². The maximum absolute atomic E-state index is 11.6. The molecule has 1 aliphatic rings. The molecule has 2 amide bonds. The van der Waals surface area contributed by atoms with Gasteiger partial charge in [0.25, 0.3) is 11.8 Å². The van der Waals surface area contributed by atoms with E-state index in [9.17, 15) is 14.4 Å². The smallest absolute Gasteiger partial charge is 0.325 e. The lowest BCUT2D eigenvalue weighted by molar-refractivity contribution is -0.172. The summed E-state index contributed by atoms with van der Waals surface area (Å²) in [5.74, 6) is -1.76. The summed E-state index contributed by atoms with van der Waals surface area (Å²) in [6, 6.07) is 1.56. The number of aromatic nitrogens is 1. The van der Waals surface area contributed by atoms with Crippen LogP contribution in [0.4, 0.5) is 0 Å². The van der Waals surface area contributed by atoms with Gasteiger partial charge in [-0.15, -0.1) is 5.06 Å². The van der Waals surface area contributed by atoms with Crippen molar-refractivity contribution in [3.05, 3.63) is 27.6 Å². The fraction of sp³-hybridized carbons (Fsp3) is 0.200. The van der Waals surface area contributed by atoms with Gasteiger partial charge in [0.1, 0.15) is 0 Å². The lowest BCUT2D eigenvalue weighted by atomic mass is 10.3. The quantitative estimate of drug-likeness (QED) is 0.588. The highest BCUT2D eigenvalue weighted by atomic mass is 127. The molecule has 0 N–H and O–H groups in total. The number of nitrogens with zero attached hydrogens (tertiary/aromatic N) is 2. The Morgan fingerprint density at radius 2 is 1.94 bits per heavy atom. The topological polar surface area (TPSA) is 76.6 Å². The van der Waals surface area contributed by atoms with Crippen molar-refractivity contribution in [2.24, 2.45) is 0 Å². The average Bonchev–Trinajstić information content (AvgIpc) is 2.61. The van der Waals surface area contributed by atoms with E-state index in [-0.39, 0.29) is 18.4 Å². The first-order valence-corrected chi connectivity index (χ1v) is 5.84. The molecule has 0 aromatic carbocycles. The number of hydroxylamine groups is 2. The van der Waals surface area contributed by atoms with E-state index in [0.29, 0.717) is 5.06 Å². The van der Waals surface area contributed by atoms with Gasteiger partial charge in [-0.05, 0) is 28.7 Å². The molecule has 2 heterocycles. The molecule has 0 aliphatic carbocycles. The van der Waals surface area contributed by atoms with Crippen LogP contribution in [0.2, 0.25) is 0 Å². The van der Waals surface area contributed by atoms with Crippen molar-refractivity contribution >= 4 is 40.4 Å². The van der Waals surface area contributed by atoms with Gasteiger partial charge < -0.3 is 4.84 Å². The van der Waals surface area contributed by atoms with Crippen LogP contribution >= 0.6 is 22.6 Å². The maximum atomic E-state index is 11.6. The van der Waals surface area contributed by atoms with Crippen molar-refractivity contribution in [1.29, 1.82) is 0 Å². The fourth-order valence-electron chi connectivity index (χ4n) is 1.32. The van der Waals surface area contributed by atoms with E-state index < -0.39 is 17.8 Å². The second-order valence-corrected chi connectivity index (χ2v) is 4.60. The van der Waals surface area contributed by atoms with E-state index in [1.807, 2.05) is 22.6 Å². The van der Waals surface area contributed by atoms with Gasteiger partial charge in [0.05, 0.1) is 5.56 Å². The number of amides is 2. The van der Waals surface area contributed by atoms with E-state index >= 15 is 0 Å². The number of pyridine rings is 1. The molecule has 0 spiro atoms. The maximum Gasteiger partial charge on any atom is 0.365 e. The second-order valence-electron chi connectivity index (χ2n) is 3.35. The molecule has 2 rings (SSSR count). The minimum Gasteiger partial charge on any atom is -0.325 e. The number of halogens is 1. The summed E-state index contributed by atoms with van der Waals surface area (Å²) in [6.07, 6.45) is 3.05. The Bertz CT molecular complexity index is 487.